The van der Waals surface area contributed by atoms with Gasteiger partial charge in [-0.1, -0.05) is 11.6 Å². The molecule has 3 amide bonds. The lowest BCUT2D eigenvalue weighted by Gasteiger charge is -2.53. The molecule has 0 bridgehead atoms. The van der Waals surface area contributed by atoms with Crippen molar-refractivity contribution >= 4 is 74.4 Å². The zero-order valence-electron chi connectivity index (χ0n) is 32.0. The number of imide groups is 1. The summed E-state index contributed by atoms with van der Waals surface area (Å²) in [6.07, 6.45) is 7.45. The van der Waals surface area contributed by atoms with Gasteiger partial charge in [-0.15, -0.1) is 0 Å². The Morgan fingerprint density at radius 2 is 1.88 bits per heavy atom. The number of amides is 3. The van der Waals surface area contributed by atoms with Crippen LogP contribution in [0.4, 0.5) is 27.5 Å². The number of piperidine rings is 1. The topological polar surface area (TPSA) is 190 Å². The second kappa shape index (κ2) is 14.9. The van der Waals surface area contributed by atoms with Crippen LogP contribution < -0.4 is 36.5 Å². The van der Waals surface area contributed by atoms with Gasteiger partial charge in [0.15, 0.2) is 18.2 Å². The fourth-order valence-electron chi connectivity index (χ4n) is 8.34. The van der Waals surface area contributed by atoms with Gasteiger partial charge in [-0.3, -0.25) is 33.7 Å². The maximum atomic E-state index is 15.3. The molecule has 3 aliphatic rings. The van der Waals surface area contributed by atoms with Crippen LogP contribution in [0.15, 0.2) is 41.5 Å². The minimum atomic E-state index is -0.692. The van der Waals surface area contributed by atoms with Gasteiger partial charge in [0.1, 0.15) is 16.5 Å². The number of carbonyl (C=O) groups excluding carboxylic acids is 3. The number of aryl methyl sites for hydroxylation is 1. The standard InChI is InChI=1S/C39H43ClFN11O5/c1-20(2)52-35-21(14-28(37(52)56)57-17-30(54)42-3)13-23(15-43-35)46-34-25(40)16-44-38(48-34)51-18-39(19-51)11-9-22(10-12-39)45-27-7-6-26(41)31-32(49-50(4)33(27)31)24-5-8-29(53)47-36(24)55/h6-7,13-16,20,22,24,45H,5,8-12,17-19H2,1-4H3,(H,42,54)(H,44,46,48)(H,47,53,55). The first-order valence-electron chi connectivity index (χ1n) is 19.0. The molecular weight excluding hydrogens is 757 g/mol. The predicted octanol–water partition coefficient (Wildman–Crippen LogP) is 4.70. The lowest BCUT2D eigenvalue weighted by Crippen LogP contribution is -2.59. The number of carbonyl (C=O) groups is 3. The third kappa shape index (κ3) is 7.19. The second-order valence-corrected chi connectivity index (χ2v) is 15.9. The van der Waals surface area contributed by atoms with Crippen molar-refractivity contribution < 1.29 is 23.5 Å². The summed E-state index contributed by atoms with van der Waals surface area (Å²) in [6, 6.07) is 6.49. The number of halogens is 2. The molecule has 1 spiro atoms. The van der Waals surface area contributed by atoms with Crippen molar-refractivity contribution in [1.29, 1.82) is 0 Å². The van der Waals surface area contributed by atoms with Crippen molar-refractivity contribution in [3.8, 4) is 5.75 Å². The van der Waals surface area contributed by atoms with Crippen LogP contribution in [-0.4, -0.2) is 79.8 Å². The van der Waals surface area contributed by atoms with E-state index in [9.17, 15) is 19.2 Å². The molecule has 4 aromatic heterocycles. The summed E-state index contributed by atoms with van der Waals surface area (Å²) in [4.78, 5) is 65.4. The second-order valence-electron chi connectivity index (χ2n) is 15.5. The molecule has 2 saturated heterocycles. The number of hydrogen-bond donors (Lipinski definition) is 4. The van der Waals surface area contributed by atoms with E-state index >= 15 is 4.39 Å². The summed E-state index contributed by atoms with van der Waals surface area (Å²) in [5, 5.41) is 17.6. The monoisotopic (exact) mass is 799 g/mol. The van der Waals surface area contributed by atoms with Gasteiger partial charge in [0.25, 0.3) is 11.5 Å². The molecule has 57 heavy (non-hydrogen) atoms. The third-order valence-electron chi connectivity index (χ3n) is 11.3. The molecular formula is C39H43ClFN11O5. The van der Waals surface area contributed by atoms with Gasteiger partial charge < -0.3 is 25.6 Å². The van der Waals surface area contributed by atoms with Crippen molar-refractivity contribution in [2.24, 2.45) is 12.5 Å². The first-order valence-corrected chi connectivity index (χ1v) is 19.4. The fourth-order valence-corrected chi connectivity index (χ4v) is 8.48. The van der Waals surface area contributed by atoms with E-state index in [1.165, 1.54) is 17.7 Å². The Morgan fingerprint density at radius 3 is 2.60 bits per heavy atom. The van der Waals surface area contributed by atoms with E-state index in [0.717, 1.165) is 44.5 Å². The van der Waals surface area contributed by atoms with Crippen LogP contribution in [0, 0.1) is 11.2 Å². The minimum Gasteiger partial charge on any atom is -0.478 e. The van der Waals surface area contributed by atoms with Gasteiger partial charge in [0.2, 0.25) is 17.8 Å². The van der Waals surface area contributed by atoms with Crippen LogP contribution in [0.5, 0.6) is 5.75 Å². The van der Waals surface area contributed by atoms with Crippen molar-refractivity contribution in [2.45, 2.75) is 70.4 Å². The molecule has 1 saturated carbocycles. The number of pyridine rings is 2. The smallest absolute Gasteiger partial charge is 0.294 e. The van der Waals surface area contributed by atoms with E-state index in [2.05, 4.69) is 41.2 Å². The number of hydrogen-bond acceptors (Lipinski definition) is 12. The van der Waals surface area contributed by atoms with Crippen LogP contribution in [0.25, 0.3) is 21.9 Å². The van der Waals surface area contributed by atoms with Crippen LogP contribution >= 0.6 is 11.6 Å². The molecule has 1 aromatic carbocycles. The summed E-state index contributed by atoms with van der Waals surface area (Å²) in [6.45, 7) is 5.04. The molecule has 0 radical (unpaired) electrons. The SMILES string of the molecule is CNC(=O)COc1cc2cc(Nc3nc(N4CC5(CCC(Nc6ccc(F)c7c(C8CCC(=O)NC8=O)nn(C)c67)CC5)C4)ncc3Cl)cnc2n(C(C)C)c1=O. The molecule has 3 fully saturated rings. The number of nitrogens with zero attached hydrogens (tertiary/aromatic N) is 7. The largest absolute Gasteiger partial charge is 0.478 e. The highest BCUT2D eigenvalue weighted by molar-refractivity contribution is 6.33. The summed E-state index contributed by atoms with van der Waals surface area (Å²) in [5.41, 5.74) is 2.51. The van der Waals surface area contributed by atoms with E-state index in [1.54, 1.807) is 36.3 Å². The van der Waals surface area contributed by atoms with Gasteiger partial charge in [0, 0.05) is 56.5 Å². The molecule has 1 aliphatic carbocycles. The Hall–Kier alpha value is -5.84. The molecule has 18 heteroatoms. The van der Waals surface area contributed by atoms with Gasteiger partial charge >= 0.3 is 0 Å². The number of anilines is 4. The number of likely N-dealkylation sites (N-methyl/N-ethyl adjacent to an activating group) is 1. The number of fused-ring (bicyclic) bond motifs is 2. The highest BCUT2D eigenvalue weighted by atomic mass is 35.5. The third-order valence-corrected chi connectivity index (χ3v) is 11.5. The highest BCUT2D eigenvalue weighted by Crippen LogP contribution is 2.46. The molecule has 298 valence electrons. The van der Waals surface area contributed by atoms with Gasteiger partial charge in [-0.05, 0) is 70.2 Å². The number of nitrogens with one attached hydrogen (secondary N) is 4. The number of aromatic nitrogens is 6. The number of benzene rings is 1. The Balaban J connectivity index is 0.928. The molecule has 4 N–H and O–H groups in total. The van der Waals surface area contributed by atoms with Gasteiger partial charge in [-0.2, -0.15) is 10.1 Å². The molecule has 2 aliphatic heterocycles. The van der Waals surface area contributed by atoms with E-state index in [1.807, 2.05) is 19.9 Å². The summed E-state index contributed by atoms with van der Waals surface area (Å²) < 4.78 is 24.0. The van der Waals surface area contributed by atoms with Crippen LogP contribution in [0.2, 0.25) is 5.02 Å². The molecule has 5 aromatic rings. The quantitative estimate of drug-likeness (QED) is 0.143. The predicted molar refractivity (Wildman–Crippen MR) is 213 cm³/mol. The molecule has 8 rings (SSSR count). The first-order chi connectivity index (χ1) is 27.3. The summed E-state index contributed by atoms with van der Waals surface area (Å²) >= 11 is 6.57. The normalized spacial score (nSPS) is 18.2. The maximum absolute atomic E-state index is 15.3. The van der Waals surface area contributed by atoms with Crippen molar-refractivity contribution in [3.63, 3.8) is 0 Å². The summed E-state index contributed by atoms with van der Waals surface area (Å²) in [7, 11) is 3.24. The average Bonchev–Trinajstić information content (AvgIpc) is 3.52. The van der Waals surface area contributed by atoms with Crippen molar-refractivity contribution in [2.75, 3.05) is 42.3 Å². The fraction of sp³-hybridized carbons (Fsp3) is 0.436. The Bertz CT molecular complexity index is 2490. The van der Waals surface area contributed by atoms with Gasteiger partial charge in [0.05, 0.1) is 46.3 Å². The van der Waals surface area contributed by atoms with E-state index in [0.29, 0.717) is 56.5 Å². The summed E-state index contributed by atoms with van der Waals surface area (Å²) in [5.74, 6) is -1.27. The zero-order chi connectivity index (χ0) is 40.2. The maximum Gasteiger partial charge on any atom is 0.294 e. The Kier molecular flexibility index (Phi) is 9.96. The number of ether oxygens (including phenoxy) is 1. The number of rotatable bonds is 10. The van der Waals surface area contributed by atoms with E-state index in [4.69, 9.17) is 21.3 Å². The molecule has 6 heterocycles. The van der Waals surface area contributed by atoms with E-state index in [-0.39, 0.29) is 53.6 Å². The van der Waals surface area contributed by atoms with Gasteiger partial charge in [-0.25, -0.2) is 14.4 Å². The zero-order valence-corrected chi connectivity index (χ0v) is 32.7. The molecule has 1 atom stereocenters. The highest BCUT2D eigenvalue weighted by Gasteiger charge is 2.46. The van der Waals surface area contributed by atoms with E-state index < -0.39 is 17.6 Å². The van der Waals surface area contributed by atoms with Crippen LogP contribution in [-0.2, 0) is 21.4 Å². The van der Waals surface area contributed by atoms with Crippen LogP contribution in [0.3, 0.4) is 0 Å². The molecule has 1 unspecified atom stereocenters. The average molecular weight is 800 g/mol. The van der Waals surface area contributed by atoms with Crippen LogP contribution in [0.1, 0.15) is 70.0 Å². The first kappa shape index (κ1) is 38.1. The van der Waals surface area contributed by atoms with Crippen molar-refractivity contribution in [3.05, 3.63) is 63.5 Å². The Labute approximate surface area is 331 Å². The minimum absolute atomic E-state index is 0.0411. The lowest BCUT2D eigenvalue weighted by atomic mass is 9.67. The Morgan fingerprint density at radius 1 is 1.11 bits per heavy atom. The lowest BCUT2D eigenvalue weighted by molar-refractivity contribution is -0.134. The molecule has 16 nitrogen and oxygen atoms in total. The van der Waals surface area contributed by atoms with Crippen molar-refractivity contribution in [1.82, 2.24) is 39.9 Å².